The molecule has 1 aromatic rings. The van der Waals surface area contributed by atoms with E-state index in [0.29, 0.717) is 18.4 Å². The van der Waals surface area contributed by atoms with Crippen molar-refractivity contribution < 1.29 is 14.7 Å². The Morgan fingerprint density at radius 1 is 1.23 bits per heavy atom. The second-order valence-electron chi connectivity index (χ2n) is 7.45. The molecule has 2 amide bonds. The van der Waals surface area contributed by atoms with Crippen molar-refractivity contribution in [2.45, 2.75) is 39.2 Å². The number of piperidine rings is 1. The van der Waals surface area contributed by atoms with Crippen molar-refractivity contribution in [2.75, 3.05) is 33.2 Å². The van der Waals surface area contributed by atoms with Crippen LogP contribution in [0.25, 0.3) is 0 Å². The Morgan fingerprint density at radius 3 is 2.35 bits per heavy atom. The molecule has 1 heterocycles. The van der Waals surface area contributed by atoms with Crippen LogP contribution in [0.5, 0.6) is 0 Å². The SMILES string of the molecule is CNC(=O)CN(CC1CCN(Cc2ccc(C(C)C)cc2)CC1)C(=O)O. The molecule has 0 aromatic heterocycles. The molecule has 2 N–H and O–H groups in total. The largest absolute Gasteiger partial charge is 0.465 e. The molecule has 1 aliphatic heterocycles. The van der Waals surface area contributed by atoms with Crippen LogP contribution in [0.3, 0.4) is 0 Å². The van der Waals surface area contributed by atoms with Crippen molar-refractivity contribution in [2.24, 2.45) is 5.92 Å². The van der Waals surface area contributed by atoms with E-state index in [9.17, 15) is 14.7 Å². The highest BCUT2D eigenvalue weighted by molar-refractivity contribution is 5.81. The molecule has 26 heavy (non-hydrogen) atoms. The molecule has 2 rings (SSSR count). The van der Waals surface area contributed by atoms with Crippen LogP contribution in [0, 0.1) is 5.92 Å². The third kappa shape index (κ3) is 6.02. The van der Waals surface area contributed by atoms with Gasteiger partial charge in [-0.3, -0.25) is 14.6 Å². The average Bonchev–Trinajstić information content (AvgIpc) is 2.62. The molecule has 6 heteroatoms. The van der Waals surface area contributed by atoms with E-state index in [2.05, 4.69) is 48.3 Å². The predicted molar refractivity (Wildman–Crippen MR) is 102 cm³/mol. The minimum Gasteiger partial charge on any atom is -0.465 e. The van der Waals surface area contributed by atoms with Gasteiger partial charge in [0.15, 0.2) is 0 Å². The third-order valence-corrected chi connectivity index (χ3v) is 5.12. The summed E-state index contributed by atoms with van der Waals surface area (Å²) in [5.74, 6) is 0.594. The highest BCUT2D eigenvalue weighted by Gasteiger charge is 2.24. The topological polar surface area (TPSA) is 72.9 Å². The molecule has 0 aliphatic carbocycles. The van der Waals surface area contributed by atoms with Gasteiger partial charge in [0.2, 0.25) is 5.91 Å². The molecule has 1 saturated heterocycles. The first kappa shape index (κ1) is 20.2. The summed E-state index contributed by atoms with van der Waals surface area (Å²) in [6.45, 7) is 7.60. The molecule has 0 bridgehead atoms. The highest BCUT2D eigenvalue weighted by Crippen LogP contribution is 2.21. The summed E-state index contributed by atoms with van der Waals surface area (Å²) in [5.41, 5.74) is 2.68. The Labute approximate surface area is 156 Å². The first-order valence-electron chi connectivity index (χ1n) is 9.38. The van der Waals surface area contributed by atoms with Crippen molar-refractivity contribution >= 4 is 12.0 Å². The quantitative estimate of drug-likeness (QED) is 0.783. The number of likely N-dealkylation sites (N-methyl/N-ethyl adjacent to an activating group) is 1. The van der Waals surface area contributed by atoms with Gasteiger partial charge in [0, 0.05) is 20.1 Å². The van der Waals surface area contributed by atoms with Crippen molar-refractivity contribution in [1.29, 1.82) is 0 Å². The lowest BCUT2D eigenvalue weighted by molar-refractivity contribution is -0.121. The molecule has 1 aromatic carbocycles. The van der Waals surface area contributed by atoms with Crippen LogP contribution >= 0.6 is 0 Å². The maximum absolute atomic E-state index is 11.5. The van der Waals surface area contributed by atoms with Crippen LogP contribution in [0.15, 0.2) is 24.3 Å². The maximum Gasteiger partial charge on any atom is 0.407 e. The fourth-order valence-corrected chi connectivity index (χ4v) is 3.37. The van der Waals surface area contributed by atoms with Crippen LogP contribution < -0.4 is 5.32 Å². The summed E-state index contributed by atoms with van der Waals surface area (Å²) in [4.78, 5) is 26.5. The molecule has 0 atom stereocenters. The Kier molecular flexibility index (Phi) is 7.45. The number of carbonyl (C=O) groups is 2. The van der Waals surface area contributed by atoms with Crippen molar-refractivity contribution in [1.82, 2.24) is 15.1 Å². The van der Waals surface area contributed by atoms with Gasteiger partial charge < -0.3 is 10.4 Å². The summed E-state index contributed by atoms with van der Waals surface area (Å²) in [7, 11) is 1.52. The number of benzene rings is 1. The fraction of sp³-hybridized carbons (Fsp3) is 0.600. The molecule has 1 fully saturated rings. The molecule has 0 saturated carbocycles. The van der Waals surface area contributed by atoms with Crippen LogP contribution in [-0.2, 0) is 11.3 Å². The summed E-state index contributed by atoms with van der Waals surface area (Å²) in [6.07, 6.45) is 0.893. The molecule has 0 radical (unpaired) electrons. The Morgan fingerprint density at radius 2 is 1.85 bits per heavy atom. The Bertz CT molecular complexity index is 593. The zero-order valence-electron chi connectivity index (χ0n) is 16.1. The summed E-state index contributed by atoms with van der Waals surface area (Å²) >= 11 is 0. The number of nitrogens with one attached hydrogen (secondary N) is 1. The molecule has 1 aliphatic rings. The number of hydrogen-bond acceptors (Lipinski definition) is 3. The molecule has 0 spiro atoms. The Balaban J connectivity index is 1.80. The monoisotopic (exact) mass is 361 g/mol. The van der Waals surface area contributed by atoms with Gasteiger partial charge in [0.05, 0.1) is 0 Å². The molecule has 144 valence electrons. The second kappa shape index (κ2) is 9.57. The smallest absolute Gasteiger partial charge is 0.407 e. The molecule has 0 unspecified atom stereocenters. The number of likely N-dealkylation sites (tertiary alicyclic amines) is 1. The first-order chi connectivity index (χ1) is 12.4. The van der Waals surface area contributed by atoms with E-state index in [1.807, 2.05) is 0 Å². The van der Waals surface area contributed by atoms with Gasteiger partial charge in [-0.25, -0.2) is 4.79 Å². The van der Waals surface area contributed by atoms with E-state index in [1.165, 1.54) is 23.1 Å². The standard InChI is InChI=1S/C20H31N3O3/c1-15(2)18-6-4-16(5-7-18)12-22-10-8-17(9-11-22)13-23(20(25)26)14-19(24)21-3/h4-7,15,17H,8-14H2,1-3H3,(H,21,24)(H,25,26). The van der Waals surface area contributed by atoms with Gasteiger partial charge in [-0.05, 0) is 48.9 Å². The van der Waals surface area contributed by atoms with Gasteiger partial charge >= 0.3 is 6.09 Å². The van der Waals surface area contributed by atoms with E-state index in [0.717, 1.165) is 32.5 Å². The molecule has 6 nitrogen and oxygen atoms in total. The van der Waals surface area contributed by atoms with Gasteiger partial charge in [-0.15, -0.1) is 0 Å². The Hall–Kier alpha value is -2.08. The number of amides is 2. The van der Waals surface area contributed by atoms with E-state index < -0.39 is 6.09 Å². The maximum atomic E-state index is 11.5. The van der Waals surface area contributed by atoms with Gasteiger partial charge in [-0.1, -0.05) is 38.1 Å². The van der Waals surface area contributed by atoms with Crippen LogP contribution in [0.1, 0.15) is 43.7 Å². The van der Waals surface area contributed by atoms with Gasteiger partial charge in [-0.2, -0.15) is 0 Å². The summed E-state index contributed by atoms with van der Waals surface area (Å²) in [5, 5.41) is 11.8. The summed E-state index contributed by atoms with van der Waals surface area (Å²) < 4.78 is 0. The third-order valence-electron chi connectivity index (χ3n) is 5.12. The summed E-state index contributed by atoms with van der Waals surface area (Å²) in [6, 6.07) is 8.82. The fourth-order valence-electron chi connectivity index (χ4n) is 3.37. The lowest BCUT2D eigenvalue weighted by Gasteiger charge is -2.34. The average molecular weight is 361 g/mol. The highest BCUT2D eigenvalue weighted by atomic mass is 16.4. The van der Waals surface area contributed by atoms with Crippen LogP contribution in [-0.4, -0.2) is 60.1 Å². The molecular formula is C20H31N3O3. The lowest BCUT2D eigenvalue weighted by atomic mass is 9.95. The van der Waals surface area contributed by atoms with E-state index in [4.69, 9.17) is 0 Å². The number of hydrogen-bond donors (Lipinski definition) is 2. The number of rotatable bonds is 7. The van der Waals surface area contributed by atoms with Crippen molar-refractivity contribution in [3.8, 4) is 0 Å². The minimum absolute atomic E-state index is 0.0890. The second-order valence-corrected chi connectivity index (χ2v) is 7.45. The van der Waals surface area contributed by atoms with E-state index in [-0.39, 0.29) is 12.5 Å². The zero-order chi connectivity index (χ0) is 19.1. The normalized spacial score (nSPS) is 15.8. The van der Waals surface area contributed by atoms with Gasteiger partial charge in [0.1, 0.15) is 6.54 Å². The van der Waals surface area contributed by atoms with E-state index >= 15 is 0 Å². The number of nitrogens with zero attached hydrogens (tertiary/aromatic N) is 2. The number of carboxylic acid groups (broad SMARTS) is 1. The van der Waals surface area contributed by atoms with Gasteiger partial charge in [0.25, 0.3) is 0 Å². The van der Waals surface area contributed by atoms with E-state index in [1.54, 1.807) is 0 Å². The predicted octanol–water partition coefficient (Wildman–Crippen LogP) is 2.75. The zero-order valence-corrected chi connectivity index (χ0v) is 16.1. The first-order valence-corrected chi connectivity index (χ1v) is 9.38. The van der Waals surface area contributed by atoms with Crippen LogP contribution in [0.4, 0.5) is 4.79 Å². The van der Waals surface area contributed by atoms with Crippen molar-refractivity contribution in [3.05, 3.63) is 35.4 Å². The number of carbonyl (C=O) groups excluding carboxylic acids is 1. The van der Waals surface area contributed by atoms with Crippen LogP contribution in [0.2, 0.25) is 0 Å². The lowest BCUT2D eigenvalue weighted by Crippen LogP contribution is -2.44. The molecular weight excluding hydrogens is 330 g/mol. The minimum atomic E-state index is -1.03. The van der Waals surface area contributed by atoms with Crippen molar-refractivity contribution in [3.63, 3.8) is 0 Å².